The number of halogens is 1. The van der Waals surface area contributed by atoms with Crippen LogP contribution in [0.2, 0.25) is 5.02 Å². The summed E-state index contributed by atoms with van der Waals surface area (Å²) in [4.78, 5) is 13.0. The molecule has 3 heterocycles. The summed E-state index contributed by atoms with van der Waals surface area (Å²) >= 11 is 5.92. The van der Waals surface area contributed by atoms with Crippen LogP contribution in [0.1, 0.15) is 5.56 Å². The minimum absolute atomic E-state index is 0.182. The molecule has 0 bridgehead atoms. The number of nitrogens with zero attached hydrogens (tertiary/aromatic N) is 4. The Hall–Kier alpha value is -2.86. The summed E-state index contributed by atoms with van der Waals surface area (Å²) < 4.78 is 7.33. The molecule has 4 rings (SSSR count). The molecular weight excluding hydrogens is 314 g/mol. The number of benzene rings is 1. The van der Waals surface area contributed by atoms with E-state index in [1.165, 1.54) is 0 Å². The molecule has 0 aliphatic carbocycles. The summed E-state index contributed by atoms with van der Waals surface area (Å²) in [5.41, 5.74) is 8.85. The van der Waals surface area contributed by atoms with Gasteiger partial charge in [0.2, 0.25) is 5.95 Å². The molecule has 23 heavy (non-hydrogen) atoms. The first kappa shape index (κ1) is 13.8. The highest BCUT2D eigenvalue weighted by Gasteiger charge is 2.15. The van der Waals surface area contributed by atoms with Crippen LogP contribution in [0.5, 0.6) is 0 Å². The highest BCUT2D eigenvalue weighted by Crippen LogP contribution is 2.26. The molecule has 6 nitrogen and oxygen atoms in total. The van der Waals surface area contributed by atoms with Crippen LogP contribution in [0.15, 0.2) is 53.4 Å². The molecule has 4 aromatic rings. The second-order valence-corrected chi connectivity index (χ2v) is 5.52. The summed E-state index contributed by atoms with van der Waals surface area (Å²) in [6, 6.07) is 11.3. The molecule has 0 saturated heterocycles. The van der Waals surface area contributed by atoms with Crippen molar-refractivity contribution in [2.75, 3.05) is 5.73 Å². The molecule has 2 N–H and O–H groups in total. The molecule has 0 unspecified atom stereocenters. The number of rotatable bonds is 3. The van der Waals surface area contributed by atoms with Gasteiger partial charge in [-0.2, -0.15) is 4.98 Å². The van der Waals surface area contributed by atoms with Gasteiger partial charge in [-0.1, -0.05) is 23.7 Å². The fraction of sp³-hybridized carbons (Fsp3) is 0.0625. The number of aromatic nitrogens is 4. The van der Waals surface area contributed by atoms with E-state index < -0.39 is 0 Å². The minimum Gasteiger partial charge on any atom is -0.463 e. The van der Waals surface area contributed by atoms with Crippen LogP contribution < -0.4 is 5.73 Å². The average molecular weight is 326 g/mol. The number of hydrogen-bond donors (Lipinski definition) is 1. The van der Waals surface area contributed by atoms with Crippen LogP contribution in [-0.4, -0.2) is 19.5 Å². The van der Waals surface area contributed by atoms with Crippen molar-refractivity contribution < 1.29 is 4.42 Å². The van der Waals surface area contributed by atoms with Crippen LogP contribution in [0.25, 0.3) is 22.6 Å². The maximum absolute atomic E-state index is 5.92. The Labute approximate surface area is 136 Å². The number of furan rings is 1. The lowest BCUT2D eigenvalue weighted by molar-refractivity contribution is 0.580. The summed E-state index contributed by atoms with van der Waals surface area (Å²) in [6.07, 6.45) is 3.31. The van der Waals surface area contributed by atoms with Gasteiger partial charge in [-0.25, -0.2) is 9.97 Å². The average Bonchev–Trinajstić information content (AvgIpc) is 3.19. The lowest BCUT2D eigenvalue weighted by Gasteiger charge is -2.05. The van der Waals surface area contributed by atoms with Gasteiger partial charge in [0.1, 0.15) is 11.2 Å². The van der Waals surface area contributed by atoms with E-state index in [4.69, 9.17) is 21.8 Å². The lowest BCUT2D eigenvalue weighted by atomic mass is 10.2. The third kappa shape index (κ3) is 2.53. The lowest BCUT2D eigenvalue weighted by Crippen LogP contribution is -2.03. The molecular formula is C16H12ClN5O. The quantitative estimate of drug-likeness (QED) is 0.624. The standard InChI is InChI=1S/C16H12ClN5O/c17-11-5-3-10(4-6-11)8-22-9-19-14-13(12-2-1-7-23-12)20-16(18)21-15(14)22/h1-7,9H,8H2,(H2,18,20,21). The zero-order valence-corrected chi connectivity index (χ0v) is 12.7. The number of hydrogen-bond acceptors (Lipinski definition) is 5. The molecule has 0 atom stereocenters. The Kier molecular flexibility index (Phi) is 3.24. The van der Waals surface area contributed by atoms with Crippen molar-refractivity contribution in [1.82, 2.24) is 19.5 Å². The van der Waals surface area contributed by atoms with E-state index in [1.807, 2.05) is 34.9 Å². The number of nitrogen functional groups attached to an aromatic ring is 1. The van der Waals surface area contributed by atoms with Crippen LogP contribution >= 0.6 is 11.6 Å². The van der Waals surface area contributed by atoms with E-state index in [0.717, 1.165) is 5.56 Å². The first-order valence-electron chi connectivity index (χ1n) is 6.97. The smallest absolute Gasteiger partial charge is 0.222 e. The van der Waals surface area contributed by atoms with Gasteiger partial charge < -0.3 is 14.7 Å². The highest BCUT2D eigenvalue weighted by molar-refractivity contribution is 6.30. The van der Waals surface area contributed by atoms with Gasteiger partial charge in [0.05, 0.1) is 19.1 Å². The van der Waals surface area contributed by atoms with Gasteiger partial charge in [-0.15, -0.1) is 0 Å². The maximum Gasteiger partial charge on any atom is 0.222 e. The summed E-state index contributed by atoms with van der Waals surface area (Å²) in [6.45, 7) is 0.613. The first-order valence-corrected chi connectivity index (χ1v) is 7.35. The molecule has 0 saturated carbocycles. The Morgan fingerprint density at radius 2 is 1.96 bits per heavy atom. The minimum atomic E-state index is 0.182. The topological polar surface area (TPSA) is 82.8 Å². The monoisotopic (exact) mass is 325 g/mol. The molecule has 0 spiro atoms. The van der Waals surface area contributed by atoms with Gasteiger partial charge >= 0.3 is 0 Å². The third-order valence-electron chi connectivity index (χ3n) is 3.50. The third-order valence-corrected chi connectivity index (χ3v) is 3.75. The molecule has 7 heteroatoms. The van der Waals surface area contributed by atoms with Crippen LogP contribution in [0, 0.1) is 0 Å². The van der Waals surface area contributed by atoms with Gasteiger partial charge in [0, 0.05) is 5.02 Å². The largest absolute Gasteiger partial charge is 0.463 e. The van der Waals surface area contributed by atoms with Gasteiger partial charge in [-0.05, 0) is 29.8 Å². The second-order valence-electron chi connectivity index (χ2n) is 5.08. The summed E-state index contributed by atoms with van der Waals surface area (Å²) in [5, 5.41) is 0.705. The molecule has 1 aromatic carbocycles. The van der Waals surface area contributed by atoms with Crippen LogP contribution in [0.3, 0.4) is 0 Å². The number of fused-ring (bicyclic) bond motifs is 1. The van der Waals surface area contributed by atoms with Crippen molar-refractivity contribution in [3.05, 3.63) is 59.6 Å². The van der Waals surface area contributed by atoms with E-state index >= 15 is 0 Å². The molecule has 0 radical (unpaired) electrons. The van der Waals surface area contributed by atoms with E-state index in [9.17, 15) is 0 Å². The van der Waals surface area contributed by atoms with Crippen molar-refractivity contribution >= 4 is 28.7 Å². The molecule has 0 aliphatic heterocycles. The van der Waals surface area contributed by atoms with Crippen LogP contribution in [-0.2, 0) is 6.54 Å². The van der Waals surface area contributed by atoms with Crippen molar-refractivity contribution in [1.29, 1.82) is 0 Å². The SMILES string of the molecule is Nc1nc(-c2ccco2)c2ncn(Cc3ccc(Cl)cc3)c2n1. The molecule has 3 aromatic heterocycles. The van der Waals surface area contributed by atoms with E-state index in [2.05, 4.69) is 15.0 Å². The van der Waals surface area contributed by atoms with Gasteiger partial charge in [-0.3, -0.25) is 0 Å². The van der Waals surface area contributed by atoms with Gasteiger partial charge in [0.15, 0.2) is 11.4 Å². The predicted octanol–water partition coefficient (Wildman–Crippen LogP) is 3.37. The fourth-order valence-electron chi connectivity index (χ4n) is 2.45. The van der Waals surface area contributed by atoms with E-state index in [-0.39, 0.29) is 5.95 Å². The normalized spacial score (nSPS) is 11.2. The number of anilines is 1. The molecule has 114 valence electrons. The predicted molar refractivity (Wildman–Crippen MR) is 88.0 cm³/mol. The maximum atomic E-state index is 5.92. The Morgan fingerprint density at radius 3 is 2.70 bits per heavy atom. The first-order chi connectivity index (χ1) is 11.2. The van der Waals surface area contributed by atoms with Crippen molar-refractivity contribution in [2.24, 2.45) is 0 Å². The molecule has 0 amide bonds. The highest BCUT2D eigenvalue weighted by atomic mass is 35.5. The molecule has 0 fully saturated rings. The van der Waals surface area contributed by atoms with Gasteiger partial charge in [0.25, 0.3) is 0 Å². The number of nitrogens with two attached hydrogens (primary N) is 1. The van der Waals surface area contributed by atoms with E-state index in [1.54, 1.807) is 18.7 Å². The van der Waals surface area contributed by atoms with Crippen molar-refractivity contribution in [3.8, 4) is 11.5 Å². The Bertz CT molecular complexity index is 960. The Balaban J connectivity index is 1.81. The fourth-order valence-corrected chi connectivity index (χ4v) is 2.57. The summed E-state index contributed by atoms with van der Waals surface area (Å²) in [5.74, 6) is 0.794. The Morgan fingerprint density at radius 1 is 1.13 bits per heavy atom. The zero-order chi connectivity index (χ0) is 15.8. The summed E-state index contributed by atoms with van der Waals surface area (Å²) in [7, 11) is 0. The van der Waals surface area contributed by atoms with Crippen molar-refractivity contribution in [2.45, 2.75) is 6.54 Å². The second kappa shape index (κ2) is 5.40. The molecule has 0 aliphatic rings. The van der Waals surface area contributed by atoms with Crippen LogP contribution in [0.4, 0.5) is 5.95 Å². The van der Waals surface area contributed by atoms with Crippen molar-refractivity contribution in [3.63, 3.8) is 0 Å². The zero-order valence-electron chi connectivity index (χ0n) is 12.0. The van der Waals surface area contributed by atoms with E-state index in [0.29, 0.717) is 34.2 Å². The number of imidazole rings is 1.